The van der Waals surface area contributed by atoms with Crippen LogP contribution < -0.4 is 15.8 Å². The molecule has 0 aromatic heterocycles. The van der Waals surface area contributed by atoms with Gasteiger partial charge in [-0.05, 0) is 48.4 Å². The zero-order valence-corrected chi connectivity index (χ0v) is 19.6. The second-order valence-electron chi connectivity index (χ2n) is 8.02. The number of ether oxygens (including phenoxy) is 2. The lowest BCUT2D eigenvalue weighted by molar-refractivity contribution is -0.120. The highest BCUT2D eigenvalue weighted by Crippen LogP contribution is 2.16. The molecule has 8 heteroatoms. The fourth-order valence-corrected chi connectivity index (χ4v) is 3.19. The third kappa shape index (κ3) is 9.23. The minimum atomic E-state index is -1.13. The van der Waals surface area contributed by atoms with Crippen molar-refractivity contribution in [1.29, 1.82) is 0 Å². The van der Waals surface area contributed by atoms with Crippen molar-refractivity contribution in [3.05, 3.63) is 65.2 Å². The van der Waals surface area contributed by atoms with E-state index in [2.05, 4.69) is 12.2 Å². The van der Waals surface area contributed by atoms with Crippen LogP contribution in [0.5, 0.6) is 5.75 Å². The predicted octanol–water partition coefficient (Wildman–Crippen LogP) is 3.36. The number of hydrogen-bond donors (Lipinski definition) is 3. The van der Waals surface area contributed by atoms with E-state index in [0.29, 0.717) is 23.5 Å². The summed E-state index contributed by atoms with van der Waals surface area (Å²) in [7, 11) is 0. The van der Waals surface area contributed by atoms with Crippen LogP contribution in [0.15, 0.2) is 48.5 Å². The second kappa shape index (κ2) is 14.7. The van der Waals surface area contributed by atoms with Crippen molar-refractivity contribution in [2.45, 2.75) is 58.1 Å². The molecule has 0 saturated heterocycles. The molecule has 2 amide bonds. The first-order chi connectivity index (χ1) is 16.4. The number of nitrogens with two attached hydrogens (primary N) is 1. The molecule has 184 valence electrons. The van der Waals surface area contributed by atoms with Crippen molar-refractivity contribution in [2.75, 3.05) is 13.2 Å². The number of carbonyl (C=O) groups is 3. The molecular formula is C26H34N2O6. The summed E-state index contributed by atoms with van der Waals surface area (Å²) in [6, 6.07) is 12.3. The average molecular weight is 471 g/mol. The summed E-state index contributed by atoms with van der Waals surface area (Å²) < 4.78 is 11.1. The molecule has 0 fully saturated rings. The molecule has 0 saturated carbocycles. The van der Waals surface area contributed by atoms with Crippen LogP contribution >= 0.6 is 0 Å². The van der Waals surface area contributed by atoms with Crippen molar-refractivity contribution in [1.82, 2.24) is 5.32 Å². The van der Waals surface area contributed by atoms with Crippen LogP contribution in [-0.4, -0.2) is 42.1 Å². The van der Waals surface area contributed by atoms with Crippen molar-refractivity contribution >= 4 is 17.8 Å². The average Bonchev–Trinajstić information content (AvgIpc) is 2.85. The van der Waals surface area contributed by atoms with E-state index in [4.69, 9.17) is 20.3 Å². The first-order valence-electron chi connectivity index (χ1n) is 11.6. The Balaban J connectivity index is 1.76. The number of nitrogens with one attached hydrogen (secondary N) is 1. The van der Waals surface area contributed by atoms with E-state index in [9.17, 15) is 14.4 Å². The van der Waals surface area contributed by atoms with Gasteiger partial charge in [0.15, 0.2) is 0 Å². The number of aliphatic hydroxyl groups excluding tert-OH is 1. The van der Waals surface area contributed by atoms with Gasteiger partial charge in [-0.3, -0.25) is 9.59 Å². The molecular weight excluding hydrogens is 436 g/mol. The van der Waals surface area contributed by atoms with Crippen LogP contribution in [0.3, 0.4) is 0 Å². The molecule has 2 aromatic carbocycles. The maximum Gasteiger partial charge on any atom is 0.338 e. The lowest BCUT2D eigenvalue weighted by atomic mass is 10.1. The normalized spacial score (nSPS) is 11.5. The van der Waals surface area contributed by atoms with Crippen LogP contribution in [-0.2, 0) is 16.1 Å². The van der Waals surface area contributed by atoms with E-state index in [-0.39, 0.29) is 12.6 Å². The van der Waals surface area contributed by atoms with E-state index >= 15 is 0 Å². The Morgan fingerprint density at radius 1 is 0.912 bits per heavy atom. The highest BCUT2D eigenvalue weighted by Gasteiger charge is 2.17. The molecule has 4 N–H and O–H groups in total. The summed E-state index contributed by atoms with van der Waals surface area (Å²) in [5.74, 6) is -1.06. The Kier molecular flexibility index (Phi) is 11.6. The van der Waals surface area contributed by atoms with Crippen LogP contribution in [0.1, 0.15) is 71.7 Å². The Hall–Kier alpha value is -3.39. The van der Waals surface area contributed by atoms with E-state index in [1.807, 2.05) is 0 Å². The molecule has 0 spiro atoms. The van der Waals surface area contributed by atoms with E-state index in [0.717, 1.165) is 18.4 Å². The minimum Gasteiger partial charge on any atom is -0.489 e. The molecule has 2 rings (SSSR count). The fourth-order valence-electron chi connectivity index (χ4n) is 3.19. The lowest BCUT2D eigenvalue weighted by Crippen LogP contribution is -2.46. The number of primary amides is 1. The maximum atomic E-state index is 12.1. The van der Waals surface area contributed by atoms with Crippen LogP contribution in [0.2, 0.25) is 0 Å². The number of rotatable bonds is 15. The largest absolute Gasteiger partial charge is 0.489 e. The van der Waals surface area contributed by atoms with E-state index < -0.39 is 24.5 Å². The van der Waals surface area contributed by atoms with Gasteiger partial charge in [0.05, 0.1) is 18.8 Å². The van der Waals surface area contributed by atoms with Crippen LogP contribution in [0.25, 0.3) is 0 Å². The summed E-state index contributed by atoms with van der Waals surface area (Å²) in [6.07, 6.45) is 6.82. The van der Waals surface area contributed by atoms with E-state index in [1.54, 1.807) is 48.5 Å². The highest BCUT2D eigenvalue weighted by molar-refractivity contribution is 5.97. The fraction of sp³-hybridized carbons (Fsp3) is 0.423. The molecule has 0 aliphatic rings. The second-order valence-corrected chi connectivity index (χ2v) is 8.02. The predicted molar refractivity (Wildman–Crippen MR) is 128 cm³/mol. The minimum absolute atomic E-state index is 0.268. The molecule has 0 radical (unpaired) electrons. The Morgan fingerprint density at radius 2 is 1.53 bits per heavy atom. The van der Waals surface area contributed by atoms with Crippen molar-refractivity contribution in [3.63, 3.8) is 0 Å². The zero-order chi connectivity index (χ0) is 24.8. The number of carbonyl (C=O) groups excluding carboxylic acids is 3. The summed E-state index contributed by atoms with van der Waals surface area (Å²) in [4.78, 5) is 35.4. The quantitative estimate of drug-likeness (QED) is 0.270. The van der Waals surface area contributed by atoms with Gasteiger partial charge in [0, 0.05) is 5.56 Å². The van der Waals surface area contributed by atoms with Gasteiger partial charge in [-0.1, -0.05) is 51.2 Å². The van der Waals surface area contributed by atoms with E-state index in [1.165, 1.54) is 25.7 Å². The number of hydrogen-bond acceptors (Lipinski definition) is 6. The molecule has 34 heavy (non-hydrogen) atoms. The third-order valence-corrected chi connectivity index (χ3v) is 5.27. The summed E-state index contributed by atoms with van der Waals surface area (Å²) >= 11 is 0. The van der Waals surface area contributed by atoms with Gasteiger partial charge in [0.1, 0.15) is 18.4 Å². The van der Waals surface area contributed by atoms with Crippen molar-refractivity contribution in [2.24, 2.45) is 5.73 Å². The topological polar surface area (TPSA) is 128 Å². The Morgan fingerprint density at radius 3 is 2.15 bits per heavy atom. The Labute approximate surface area is 200 Å². The van der Waals surface area contributed by atoms with Gasteiger partial charge in [-0.15, -0.1) is 0 Å². The summed E-state index contributed by atoms with van der Waals surface area (Å²) in [6.45, 7) is 2.32. The number of benzene rings is 2. The number of aliphatic hydroxyl groups is 1. The highest BCUT2D eigenvalue weighted by atomic mass is 16.5. The molecule has 8 nitrogen and oxygen atoms in total. The maximum absolute atomic E-state index is 12.1. The lowest BCUT2D eigenvalue weighted by Gasteiger charge is -2.13. The van der Waals surface area contributed by atoms with Crippen LogP contribution in [0, 0.1) is 0 Å². The number of unbranched alkanes of at least 4 members (excludes halogenated alkanes) is 5. The molecule has 2 aromatic rings. The standard InChI is InChI=1S/C26H34N2O6/c1-2-3-4-5-6-7-16-33-26(32)21-12-14-22(15-13-21)34-18-19-8-10-20(11-9-19)25(31)28-23(17-29)24(27)30/h8-15,23,29H,2-7,16-18H2,1H3,(H2,27,30)(H,28,31). The summed E-state index contributed by atoms with van der Waals surface area (Å²) in [5.41, 5.74) is 6.74. The monoisotopic (exact) mass is 470 g/mol. The van der Waals surface area contributed by atoms with Gasteiger partial charge in [0.25, 0.3) is 5.91 Å². The number of esters is 1. The van der Waals surface area contributed by atoms with Crippen LogP contribution in [0.4, 0.5) is 0 Å². The SMILES string of the molecule is CCCCCCCCOC(=O)c1ccc(OCc2ccc(C(=O)NC(CO)C(N)=O)cc2)cc1. The zero-order valence-electron chi connectivity index (χ0n) is 19.6. The van der Waals surface area contributed by atoms with Gasteiger partial charge in [0.2, 0.25) is 5.91 Å². The molecule has 1 atom stereocenters. The molecule has 0 aliphatic carbocycles. The smallest absolute Gasteiger partial charge is 0.338 e. The van der Waals surface area contributed by atoms with Gasteiger partial charge in [-0.2, -0.15) is 0 Å². The third-order valence-electron chi connectivity index (χ3n) is 5.27. The van der Waals surface area contributed by atoms with Gasteiger partial charge >= 0.3 is 5.97 Å². The van der Waals surface area contributed by atoms with Crippen molar-refractivity contribution in [3.8, 4) is 5.75 Å². The summed E-state index contributed by atoms with van der Waals surface area (Å²) in [5, 5.41) is 11.5. The molecule has 0 heterocycles. The number of amides is 2. The molecule has 1 unspecified atom stereocenters. The van der Waals surface area contributed by atoms with Gasteiger partial charge in [-0.25, -0.2) is 4.79 Å². The van der Waals surface area contributed by atoms with Crippen molar-refractivity contribution < 1.29 is 29.0 Å². The van der Waals surface area contributed by atoms with Gasteiger partial charge < -0.3 is 25.6 Å². The first-order valence-corrected chi connectivity index (χ1v) is 11.6. The molecule has 0 aliphatic heterocycles. The Bertz CT molecular complexity index is 912. The first kappa shape index (κ1) is 26.9. The molecule has 0 bridgehead atoms.